The van der Waals surface area contributed by atoms with Crippen LogP contribution in [0.3, 0.4) is 0 Å². The molecule has 1 aliphatic heterocycles. The third-order valence-electron chi connectivity index (χ3n) is 5.09. The van der Waals surface area contributed by atoms with Gasteiger partial charge in [0.15, 0.2) is 5.65 Å². The number of hydrogen-bond acceptors (Lipinski definition) is 6. The number of aromatic amines is 1. The number of piperazine rings is 1. The molecule has 8 nitrogen and oxygen atoms in total. The maximum Gasteiger partial charge on any atom is 0.299 e. The van der Waals surface area contributed by atoms with Crippen molar-refractivity contribution in [3.05, 3.63) is 47.9 Å². The first kappa shape index (κ1) is 17.0. The predicted molar refractivity (Wildman–Crippen MR) is 99.3 cm³/mol. The van der Waals surface area contributed by atoms with Crippen molar-refractivity contribution in [3.8, 4) is 0 Å². The third-order valence-corrected chi connectivity index (χ3v) is 5.09. The van der Waals surface area contributed by atoms with Gasteiger partial charge in [-0.1, -0.05) is 18.2 Å². The van der Waals surface area contributed by atoms with Gasteiger partial charge in [-0.3, -0.25) is 10.00 Å². The molecule has 5 rings (SSSR count). The van der Waals surface area contributed by atoms with Crippen LogP contribution in [0.4, 0.5) is 14.6 Å². The van der Waals surface area contributed by atoms with Crippen molar-refractivity contribution >= 4 is 22.4 Å². The van der Waals surface area contributed by atoms with E-state index in [2.05, 4.69) is 41.4 Å². The lowest BCUT2D eigenvalue weighted by molar-refractivity contribution is 0.137. The van der Waals surface area contributed by atoms with Gasteiger partial charge >= 0.3 is 0 Å². The maximum atomic E-state index is 13.1. The highest BCUT2D eigenvalue weighted by atomic mass is 19.3. The zero-order chi connectivity index (χ0) is 19.1. The van der Waals surface area contributed by atoms with Gasteiger partial charge in [-0.05, 0) is 18.2 Å². The number of rotatable bonds is 4. The van der Waals surface area contributed by atoms with Gasteiger partial charge in [0.05, 0.1) is 11.2 Å². The topological polar surface area (TPSA) is 78.2 Å². The summed E-state index contributed by atoms with van der Waals surface area (Å²) in [6.07, 6.45) is -2.71. The first-order valence-electron chi connectivity index (χ1n) is 9.09. The molecule has 3 aromatic heterocycles. The lowest BCUT2D eigenvalue weighted by Crippen LogP contribution is -2.46. The second-order valence-corrected chi connectivity index (χ2v) is 6.80. The quantitative estimate of drug-likeness (QED) is 0.582. The Bertz CT molecular complexity index is 1110. The van der Waals surface area contributed by atoms with Gasteiger partial charge in [0.25, 0.3) is 6.43 Å². The molecule has 4 aromatic rings. The van der Waals surface area contributed by atoms with Crippen LogP contribution < -0.4 is 4.90 Å². The number of para-hydroxylation sites is 1. The van der Waals surface area contributed by atoms with Crippen LogP contribution in [-0.2, 0) is 6.54 Å². The van der Waals surface area contributed by atoms with E-state index in [4.69, 9.17) is 0 Å². The summed E-state index contributed by atoms with van der Waals surface area (Å²) in [4.78, 5) is 4.44. The summed E-state index contributed by atoms with van der Waals surface area (Å²) >= 11 is 0. The van der Waals surface area contributed by atoms with Crippen molar-refractivity contribution < 1.29 is 8.78 Å². The molecule has 1 saturated heterocycles. The number of H-pyrrole nitrogens is 1. The number of halogens is 2. The van der Waals surface area contributed by atoms with Crippen LogP contribution in [0.2, 0.25) is 0 Å². The minimum absolute atomic E-state index is 0.323. The van der Waals surface area contributed by atoms with Crippen LogP contribution in [0.1, 0.15) is 17.9 Å². The molecule has 1 aromatic carbocycles. The van der Waals surface area contributed by atoms with Crippen molar-refractivity contribution in [1.82, 2.24) is 34.9 Å². The van der Waals surface area contributed by atoms with E-state index in [1.165, 1.54) is 0 Å². The molecule has 0 bridgehead atoms. The number of hydrogen-bond donors (Lipinski definition) is 1. The first-order chi connectivity index (χ1) is 13.7. The number of benzene rings is 1. The average molecular weight is 384 g/mol. The number of fused-ring (bicyclic) bond motifs is 2. The van der Waals surface area contributed by atoms with E-state index >= 15 is 0 Å². The SMILES string of the molecule is FC(F)c1nnc2ccc(N3CCN(Cc4[nH]nc5ccccc45)CC3)nn12. The molecule has 28 heavy (non-hydrogen) atoms. The Hall–Kier alpha value is -3.14. The molecule has 1 N–H and O–H groups in total. The standard InChI is InChI=1S/C18H18F2N8/c19-17(20)18-24-23-15-5-6-16(25-28(15)18)27-9-7-26(8-10-27)11-14-12-3-1-2-4-13(12)21-22-14/h1-6,17H,7-11H2,(H,21,22). The van der Waals surface area contributed by atoms with Crippen LogP contribution in [0.5, 0.6) is 0 Å². The van der Waals surface area contributed by atoms with E-state index in [0.717, 1.165) is 53.8 Å². The number of nitrogens with one attached hydrogen (secondary N) is 1. The van der Waals surface area contributed by atoms with Gasteiger partial charge in [-0.2, -0.15) is 9.61 Å². The van der Waals surface area contributed by atoms with Crippen LogP contribution in [0.25, 0.3) is 16.6 Å². The molecule has 144 valence electrons. The third kappa shape index (κ3) is 2.95. The van der Waals surface area contributed by atoms with Crippen LogP contribution in [0, 0.1) is 0 Å². The Morgan fingerprint density at radius 3 is 2.64 bits per heavy atom. The highest BCUT2D eigenvalue weighted by Gasteiger charge is 2.22. The van der Waals surface area contributed by atoms with Crippen LogP contribution >= 0.6 is 0 Å². The molecule has 0 amide bonds. The van der Waals surface area contributed by atoms with Crippen LogP contribution in [0.15, 0.2) is 36.4 Å². The summed E-state index contributed by atoms with van der Waals surface area (Å²) in [5, 5.41) is 20.2. The zero-order valence-electron chi connectivity index (χ0n) is 15.0. The van der Waals surface area contributed by atoms with Crippen LogP contribution in [-0.4, -0.2) is 61.1 Å². The Morgan fingerprint density at radius 2 is 1.82 bits per heavy atom. The van der Waals surface area contributed by atoms with Gasteiger partial charge in [0.2, 0.25) is 5.82 Å². The molecule has 4 heterocycles. The number of anilines is 1. The van der Waals surface area contributed by atoms with E-state index in [-0.39, 0.29) is 0 Å². The smallest absolute Gasteiger partial charge is 0.299 e. The number of alkyl halides is 2. The van der Waals surface area contributed by atoms with E-state index in [0.29, 0.717) is 11.5 Å². The van der Waals surface area contributed by atoms with Gasteiger partial charge in [-0.15, -0.1) is 15.3 Å². The Kier molecular flexibility index (Phi) is 4.12. The molecular weight excluding hydrogens is 366 g/mol. The van der Waals surface area contributed by atoms with E-state index in [9.17, 15) is 8.78 Å². The number of aromatic nitrogens is 6. The summed E-state index contributed by atoms with van der Waals surface area (Å²) in [7, 11) is 0. The lowest BCUT2D eigenvalue weighted by atomic mass is 10.2. The Labute approximate surface area is 158 Å². The summed E-state index contributed by atoms with van der Waals surface area (Å²) in [5.41, 5.74) is 2.40. The molecule has 1 aliphatic rings. The Balaban J connectivity index is 1.29. The van der Waals surface area contributed by atoms with Crippen molar-refractivity contribution in [3.63, 3.8) is 0 Å². The van der Waals surface area contributed by atoms with Crippen molar-refractivity contribution in [2.45, 2.75) is 13.0 Å². The predicted octanol–water partition coefficient (Wildman–Crippen LogP) is 2.26. The normalized spacial score (nSPS) is 15.9. The highest BCUT2D eigenvalue weighted by Crippen LogP contribution is 2.21. The second kappa shape index (κ2) is 6.79. The van der Waals surface area contributed by atoms with E-state index in [1.807, 2.05) is 18.2 Å². The summed E-state index contributed by atoms with van der Waals surface area (Å²) in [6, 6.07) is 11.5. The molecule has 0 saturated carbocycles. The highest BCUT2D eigenvalue weighted by molar-refractivity contribution is 5.81. The summed E-state index contributed by atoms with van der Waals surface area (Å²) < 4.78 is 27.2. The minimum atomic E-state index is -2.71. The minimum Gasteiger partial charge on any atom is -0.353 e. The maximum absolute atomic E-state index is 13.1. The molecule has 10 heteroatoms. The summed E-state index contributed by atoms with van der Waals surface area (Å²) in [6.45, 7) is 4.00. The zero-order valence-corrected chi connectivity index (χ0v) is 15.0. The van der Waals surface area contributed by atoms with Crippen molar-refractivity contribution in [1.29, 1.82) is 0 Å². The molecule has 0 unspecified atom stereocenters. The molecule has 1 fully saturated rings. The monoisotopic (exact) mass is 384 g/mol. The Morgan fingerprint density at radius 1 is 1.00 bits per heavy atom. The largest absolute Gasteiger partial charge is 0.353 e. The second-order valence-electron chi connectivity index (χ2n) is 6.80. The lowest BCUT2D eigenvalue weighted by Gasteiger charge is -2.35. The van der Waals surface area contributed by atoms with E-state index < -0.39 is 12.2 Å². The van der Waals surface area contributed by atoms with E-state index in [1.54, 1.807) is 12.1 Å². The van der Waals surface area contributed by atoms with Crippen molar-refractivity contribution in [2.75, 3.05) is 31.1 Å². The van der Waals surface area contributed by atoms with Crippen molar-refractivity contribution in [2.24, 2.45) is 0 Å². The van der Waals surface area contributed by atoms with Gasteiger partial charge < -0.3 is 4.90 Å². The molecule has 0 atom stereocenters. The molecule has 0 aliphatic carbocycles. The van der Waals surface area contributed by atoms with Gasteiger partial charge in [0.1, 0.15) is 5.82 Å². The molecule has 0 radical (unpaired) electrons. The molecule has 0 spiro atoms. The summed E-state index contributed by atoms with van der Waals surface area (Å²) in [5.74, 6) is 0.224. The van der Waals surface area contributed by atoms with Gasteiger partial charge in [0, 0.05) is 38.1 Å². The number of nitrogens with zero attached hydrogens (tertiary/aromatic N) is 7. The first-order valence-corrected chi connectivity index (χ1v) is 9.09. The fraction of sp³-hybridized carbons (Fsp3) is 0.333. The molecular formula is C18H18F2N8. The fourth-order valence-electron chi connectivity index (χ4n) is 3.59. The average Bonchev–Trinajstić information content (AvgIpc) is 3.32. The fourth-order valence-corrected chi connectivity index (χ4v) is 3.59. The van der Waals surface area contributed by atoms with Gasteiger partial charge in [-0.25, -0.2) is 8.78 Å².